The van der Waals surface area contributed by atoms with E-state index in [0.29, 0.717) is 35.2 Å². The van der Waals surface area contributed by atoms with Crippen LogP contribution in [-0.4, -0.2) is 37.5 Å². The van der Waals surface area contributed by atoms with Gasteiger partial charge in [-0.1, -0.05) is 33.6 Å². The number of hydrogen-bond acceptors (Lipinski definition) is 6. The van der Waals surface area contributed by atoms with Gasteiger partial charge in [-0.15, -0.1) is 5.92 Å². The molecule has 1 fully saturated rings. The number of aliphatic hydroxyl groups is 1. The van der Waals surface area contributed by atoms with E-state index >= 15 is 0 Å². The molecule has 0 aromatic heterocycles. The third kappa shape index (κ3) is 5.36. The van der Waals surface area contributed by atoms with Crippen LogP contribution in [0.25, 0.3) is 0 Å². The SMILES string of the molecule is COc1cc(OC)c2c(c1)O[C@H]1C(O)=C(C(=O)O[C@H]3C[C@@H](C)CC[C@@H]3[C-](C)C)C[C@H](C(C)C)[C@@H]21.[Np]. The molecule has 6 atom stereocenters. The molecule has 6 nitrogen and oxygen atoms in total. The molecule has 1 heterocycles. The van der Waals surface area contributed by atoms with Crippen molar-refractivity contribution in [2.45, 2.75) is 78.4 Å². The fourth-order valence-electron chi connectivity index (χ4n) is 6.12. The number of fused-ring (bicyclic) bond motifs is 3. The topological polar surface area (TPSA) is 74.2 Å². The maximum Gasteiger partial charge on any atom is 0.337 e. The fourth-order valence-corrected chi connectivity index (χ4v) is 6.12. The van der Waals surface area contributed by atoms with Crippen molar-refractivity contribution < 1.29 is 58.8 Å². The fraction of sp³-hybridized carbons (Fsp3) is 0.643. The van der Waals surface area contributed by atoms with Gasteiger partial charge in [-0.05, 0) is 30.6 Å². The molecule has 0 saturated heterocycles. The smallest absolute Gasteiger partial charge is 0.337 e. The molecule has 1 aromatic carbocycles. The van der Waals surface area contributed by atoms with Crippen LogP contribution in [0.2, 0.25) is 0 Å². The van der Waals surface area contributed by atoms with Crippen LogP contribution in [0.15, 0.2) is 23.5 Å². The quantitative estimate of drug-likeness (QED) is 0.289. The number of esters is 1. The van der Waals surface area contributed by atoms with Crippen LogP contribution >= 0.6 is 0 Å². The van der Waals surface area contributed by atoms with Crippen LogP contribution in [0.3, 0.4) is 0 Å². The van der Waals surface area contributed by atoms with E-state index in [1.54, 1.807) is 14.2 Å². The van der Waals surface area contributed by atoms with Crippen molar-refractivity contribution >= 4 is 5.97 Å². The van der Waals surface area contributed by atoms with Gasteiger partial charge in [-0.2, -0.15) is 13.8 Å². The summed E-state index contributed by atoms with van der Waals surface area (Å²) in [6, 6.07) is 3.67. The zero-order valence-electron chi connectivity index (χ0n) is 22.0. The first-order valence-corrected chi connectivity index (χ1v) is 12.5. The van der Waals surface area contributed by atoms with Crippen LogP contribution < -0.4 is 14.2 Å². The standard InChI is InChI=1S/C28H39O6.Np/c1-14(2)18-9-8-16(5)10-21(18)34-28(30)20-13-19(15(3)4)24-25-22(32-7)11-17(31-6)12-23(25)33-27(24)26(20)29;/h11-12,15-16,18-19,21,24,27,29H,8-10,13H2,1-7H3;/q-1;/t16-,18+,19+,21-,24-,27+;/m0./s1. The zero-order chi connectivity index (χ0) is 24.7. The van der Waals surface area contributed by atoms with E-state index in [0.717, 1.165) is 24.8 Å². The normalized spacial score (nSPS) is 29.7. The zero-order valence-corrected chi connectivity index (χ0v) is 25.7. The molecule has 1 saturated carbocycles. The van der Waals surface area contributed by atoms with Crippen molar-refractivity contribution in [2.75, 3.05) is 14.2 Å². The summed E-state index contributed by atoms with van der Waals surface area (Å²) in [6.45, 7) is 10.7. The average molecular weight is 709 g/mol. The van der Waals surface area contributed by atoms with Crippen LogP contribution in [0.1, 0.15) is 71.8 Å². The van der Waals surface area contributed by atoms with Crippen LogP contribution in [0.5, 0.6) is 17.2 Å². The van der Waals surface area contributed by atoms with E-state index in [9.17, 15) is 9.90 Å². The molecular formula is C28H39NpO6-. The Bertz CT molecular complexity index is 955. The molecule has 2 aliphatic carbocycles. The summed E-state index contributed by atoms with van der Waals surface area (Å²) in [4.78, 5) is 13.5. The number of rotatable bonds is 6. The molecule has 1 aliphatic heterocycles. The Morgan fingerprint density at radius 3 is 2.49 bits per heavy atom. The Hall–Kier alpha value is -1.36. The Morgan fingerprint density at radius 2 is 1.89 bits per heavy atom. The predicted molar refractivity (Wildman–Crippen MR) is 130 cm³/mol. The molecule has 0 bridgehead atoms. The molecule has 0 unspecified atom stereocenters. The van der Waals surface area contributed by atoms with Crippen molar-refractivity contribution in [1.82, 2.24) is 0 Å². The van der Waals surface area contributed by atoms with Crippen molar-refractivity contribution in [1.29, 1.82) is 0 Å². The van der Waals surface area contributed by atoms with Crippen LogP contribution in [0, 0.1) is 59.5 Å². The first-order valence-electron chi connectivity index (χ1n) is 12.5. The van der Waals surface area contributed by atoms with Crippen molar-refractivity contribution in [3.63, 3.8) is 0 Å². The summed E-state index contributed by atoms with van der Waals surface area (Å²) in [6.07, 6.45) is 2.70. The van der Waals surface area contributed by atoms with E-state index in [1.165, 1.54) is 5.92 Å². The van der Waals surface area contributed by atoms with Crippen molar-refractivity contribution in [3.8, 4) is 17.2 Å². The minimum absolute atomic E-state index is 0. The van der Waals surface area contributed by atoms with E-state index in [2.05, 4.69) is 34.6 Å². The third-order valence-corrected chi connectivity index (χ3v) is 8.08. The number of benzene rings is 1. The summed E-state index contributed by atoms with van der Waals surface area (Å²) in [7, 11) is 3.23. The number of carbonyl (C=O) groups is 1. The van der Waals surface area contributed by atoms with Crippen LogP contribution in [0.4, 0.5) is 0 Å². The second-order valence-electron chi connectivity index (χ2n) is 10.8. The Labute approximate surface area is 232 Å². The molecule has 1 N–H and O–H groups in total. The van der Waals surface area contributed by atoms with Crippen LogP contribution in [-0.2, 0) is 9.53 Å². The van der Waals surface area contributed by atoms with Gasteiger partial charge < -0.3 is 30.0 Å². The van der Waals surface area contributed by atoms with E-state index in [1.807, 2.05) is 12.1 Å². The summed E-state index contributed by atoms with van der Waals surface area (Å²) in [5.74, 6) is 3.85. The minimum atomic E-state index is -0.639. The van der Waals surface area contributed by atoms with E-state index < -0.39 is 12.1 Å². The van der Waals surface area contributed by atoms with Gasteiger partial charge in [0.15, 0.2) is 6.10 Å². The molecule has 35 heavy (non-hydrogen) atoms. The first kappa shape index (κ1) is 28.2. The van der Waals surface area contributed by atoms with Gasteiger partial charge in [-0.25, -0.2) is 4.79 Å². The second kappa shape index (κ2) is 11.4. The van der Waals surface area contributed by atoms with Gasteiger partial charge in [0.1, 0.15) is 23.0 Å². The van der Waals surface area contributed by atoms with Gasteiger partial charge >= 0.3 is 5.97 Å². The largest absolute Gasteiger partial charge is 0.508 e. The van der Waals surface area contributed by atoms with E-state index in [-0.39, 0.29) is 65.5 Å². The number of ether oxygens (including phenoxy) is 4. The van der Waals surface area contributed by atoms with Gasteiger partial charge in [-0.3, -0.25) is 0 Å². The van der Waals surface area contributed by atoms with Gasteiger partial charge in [0, 0.05) is 53.6 Å². The molecule has 4 rings (SSSR count). The number of hydrogen-bond donors (Lipinski definition) is 1. The average Bonchev–Trinajstić information content (AvgIpc) is 3.18. The molecule has 3 aliphatic rings. The summed E-state index contributed by atoms with van der Waals surface area (Å²) in [5, 5.41) is 11.3. The third-order valence-electron chi connectivity index (χ3n) is 8.08. The predicted octanol–water partition coefficient (Wildman–Crippen LogP) is 6.00. The first-order chi connectivity index (χ1) is 16.2. The maximum absolute atomic E-state index is 13.5. The molecule has 1 radical (unpaired) electrons. The summed E-state index contributed by atoms with van der Waals surface area (Å²) >= 11 is 0. The van der Waals surface area contributed by atoms with Crippen molar-refractivity contribution in [3.05, 3.63) is 34.9 Å². The molecule has 7 heteroatoms. The molecule has 1 aromatic rings. The number of carbonyl (C=O) groups excluding carboxylic acids is 1. The Kier molecular flexibility index (Phi) is 9.16. The second-order valence-corrected chi connectivity index (χ2v) is 10.8. The number of aliphatic hydroxyl groups excluding tert-OH is 1. The van der Waals surface area contributed by atoms with Gasteiger partial charge in [0.25, 0.3) is 0 Å². The summed E-state index contributed by atoms with van der Waals surface area (Å²) < 4.78 is 23.4. The van der Waals surface area contributed by atoms with Crippen molar-refractivity contribution in [2.24, 2.45) is 23.7 Å². The Morgan fingerprint density at radius 1 is 1.17 bits per heavy atom. The molecule has 0 spiro atoms. The van der Waals surface area contributed by atoms with Gasteiger partial charge in [0.2, 0.25) is 0 Å². The molecular weight excluding hydrogens is 669 g/mol. The monoisotopic (exact) mass is 707 g/mol. The molecule has 0 amide bonds. The minimum Gasteiger partial charge on any atom is -0.508 e. The summed E-state index contributed by atoms with van der Waals surface area (Å²) in [5.41, 5.74) is 1.28. The number of methoxy groups -OCH3 is 2. The van der Waals surface area contributed by atoms with E-state index in [4.69, 9.17) is 18.9 Å². The molecule has 193 valence electrons. The maximum atomic E-state index is 13.5. The Balaban J connectivity index is 0.00000342. The van der Waals surface area contributed by atoms with Gasteiger partial charge in [0.05, 0.1) is 25.9 Å².